The van der Waals surface area contributed by atoms with E-state index in [2.05, 4.69) is 15.1 Å². The van der Waals surface area contributed by atoms with Crippen molar-refractivity contribution < 1.29 is 5.21 Å². The third-order valence-electron chi connectivity index (χ3n) is 2.74. The lowest BCUT2D eigenvalue weighted by atomic mass is 10.1. The largest absolute Gasteiger partial charge is 0.411 e. The number of fused-ring (bicyclic) bond motifs is 1. The van der Waals surface area contributed by atoms with Gasteiger partial charge in [0, 0.05) is 17.5 Å². The zero-order valence-electron chi connectivity index (χ0n) is 8.14. The molecule has 2 heterocycles. The Kier molecular flexibility index (Phi) is 1.74. The Morgan fingerprint density at radius 1 is 1.40 bits per heavy atom. The number of nitrogens with zero attached hydrogens (tertiary/aromatic N) is 2. The minimum atomic E-state index is 0.398. The highest BCUT2D eigenvalue weighted by Crippen LogP contribution is 2.33. The Hall–Kier alpha value is -1.84. The number of rotatable bonds is 2. The van der Waals surface area contributed by atoms with Crippen molar-refractivity contribution in [3.05, 3.63) is 30.1 Å². The molecule has 1 aliphatic carbocycles. The molecule has 0 unspecified atom stereocenters. The van der Waals surface area contributed by atoms with Crippen LogP contribution in [0.15, 0.2) is 29.6 Å². The Labute approximate surface area is 86.6 Å². The van der Waals surface area contributed by atoms with Gasteiger partial charge >= 0.3 is 0 Å². The molecule has 0 aliphatic heterocycles. The van der Waals surface area contributed by atoms with Gasteiger partial charge in [0.25, 0.3) is 0 Å². The monoisotopic (exact) mass is 201 g/mol. The van der Waals surface area contributed by atoms with Crippen molar-refractivity contribution in [2.24, 2.45) is 11.1 Å². The van der Waals surface area contributed by atoms with Gasteiger partial charge in [0.1, 0.15) is 11.4 Å². The minimum Gasteiger partial charge on any atom is -0.411 e. The van der Waals surface area contributed by atoms with Gasteiger partial charge in [-0.25, -0.2) is 4.98 Å². The van der Waals surface area contributed by atoms with Crippen molar-refractivity contribution in [2.45, 2.75) is 12.8 Å². The quantitative estimate of drug-likeness (QED) is 0.444. The summed E-state index contributed by atoms with van der Waals surface area (Å²) in [5.74, 6) is 0.398. The van der Waals surface area contributed by atoms with E-state index in [1.165, 1.54) is 0 Å². The van der Waals surface area contributed by atoms with Crippen LogP contribution >= 0.6 is 0 Å². The molecule has 0 spiro atoms. The summed E-state index contributed by atoms with van der Waals surface area (Å²) in [7, 11) is 0. The maximum absolute atomic E-state index is 8.95. The van der Waals surface area contributed by atoms with E-state index < -0.39 is 0 Å². The van der Waals surface area contributed by atoms with Crippen LogP contribution in [-0.2, 0) is 0 Å². The standard InChI is InChI=1S/C11H11N3O/c15-14-10(7-1-2-7)9-4-3-8-5-6-12-11(8)13-9/h3-7,15H,1-2H2,(H,12,13). The molecule has 0 aromatic carbocycles. The molecule has 0 saturated heterocycles. The van der Waals surface area contributed by atoms with Gasteiger partial charge in [-0.1, -0.05) is 5.16 Å². The second-order valence-electron chi connectivity index (χ2n) is 3.87. The highest BCUT2D eigenvalue weighted by molar-refractivity contribution is 6.02. The fourth-order valence-electron chi connectivity index (χ4n) is 1.77. The molecular weight excluding hydrogens is 190 g/mol. The van der Waals surface area contributed by atoms with Crippen LogP contribution in [0.5, 0.6) is 0 Å². The van der Waals surface area contributed by atoms with Crippen molar-refractivity contribution >= 4 is 16.7 Å². The Morgan fingerprint density at radius 3 is 3.00 bits per heavy atom. The van der Waals surface area contributed by atoms with Gasteiger partial charge in [0.05, 0.1) is 5.69 Å². The summed E-state index contributed by atoms with van der Waals surface area (Å²) in [6, 6.07) is 5.87. The summed E-state index contributed by atoms with van der Waals surface area (Å²) in [6.07, 6.45) is 4.06. The molecule has 0 amide bonds. The van der Waals surface area contributed by atoms with Gasteiger partial charge in [-0.15, -0.1) is 0 Å². The molecule has 3 rings (SSSR count). The first kappa shape index (κ1) is 8.47. The number of pyridine rings is 1. The molecule has 4 nitrogen and oxygen atoms in total. The number of aromatic nitrogens is 2. The Bertz CT molecular complexity index is 525. The van der Waals surface area contributed by atoms with Gasteiger partial charge in [0.15, 0.2) is 0 Å². The first-order chi connectivity index (χ1) is 7.38. The van der Waals surface area contributed by atoms with Crippen LogP contribution in [0.4, 0.5) is 0 Å². The zero-order chi connectivity index (χ0) is 10.3. The van der Waals surface area contributed by atoms with E-state index in [1.54, 1.807) is 0 Å². The Balaban J connectivity index is 2.09. The van der Waals surface area contributed by atoms with Crippen molar-refractivity contribution in [3.8, 4) is 0 Å². The minimum absolute atomic E-state index is 0.398. The topological polar surface area (TPSA) is 61.3 Å². The summed E-state index contributed by atoms with van der Waals surface area (Å²) in [4.78, 5) is 7.47. The first-order valence-electron chi connectivity index (χ1n) is 5.05. The van der Waals surface area contributed by atoms with Crippen molar-refractivity contribution in [1.29, 1.82) is 0 Å². The molecule has 76 valence electrons. The van der Waals surface area contributed by atoms with Crippen LogP contribution < -0.4 is 0 Å². The lowest BCUT2D eigenvalue weighted by Gasteiger charge is -2.01. The van der Waals surface area contributed by atoms with E-state index >= 15 is 0 Å². The van der Waals surface area contributed by atoms with Crippen LogP contribution in [0, 0.1) is 5.92 Å². The van der Waals surface area contributed by atoms with E-state index in [1.807, 2.05) is 24.4 Å². The molecule has 1 fully saturated rings. The summed E-state index contributed by atoms with van der Waals surface area (Å²) in [5, 5.41) is 13.4. The summed E-state index contributed by atoms with van der Waals surface area (Å²) in [6.45, 7) is 0. The molecule has 1 aliphatic rings. The second-order valence-corrected chi connectivity index (χ2v) is 3.87. The molecule has 2 N–H and O–H groups in total. The molecule has 15 heavy (non-hydrogen) atoms. The van der Waals surface area contributed by atoms with Crippen molar-refractivity contribution in [1.82, 2.24) is 9.97 Å². The molecule has 0 bridgehead atoms. The van der Waals surface area contributed by atoms with Crippen molar-refractivity contribution in [2.75, 3.05) is 0 Å². The van der Waals surface area contributed by atoms with E-state index in [0.29, 0.717) is 11.6 Å². The van der Waals surface area contributed by atoms with E-state index in [-0.39, 0.29) is 0 Å². The number of H-pyrrole nitrogens is 1. The average molecular weight is 201 g/mol. The first-order valence-corrected chi connectivity index (χ1v) is 5.05. The summed E-state index contributed by atoms with van der Waals surface area (Å²) in [5.41, 5.74) is 2.33. The molecule has 1 saturated carbocycles. The maximum Gasteiger partial charge on any atom is 0.138 e. The number of hydrogen-bond acceptors (Lipinski definition) is 3. The van der Waals surface area contributed by atoms with Gasteiger partial charge in [-0.05, 0) is 31.0 Å². The van der Waals surface area contributed by atoms with Crippen LogP contribution in [0.25, 0.3) is 11.0 Å². The second kappa shape index (κ2) is 3.08. The van der Waals surface area contributed by atoms with Crippen LogP contribution in [0.2, 0.25) is 0 Å². The van der Waals surface area contributed by atoms with E-state index in [4.69, 9.17) is 5.21 Å². The normalized spacial score (nSPS) is 17.2. The number of nitrogens with one attached hydrogen (secondary N) is 1. The lowest BCUT2D eigenvalue weighted by molar-refractivity contribution is 0.317. The third-order valence-corrected chi connectivity index (χ3v) is 2.74. The SMILES string of the molecule is ON=C(c1ccc2cc[nH]c2n1)C1CC1. The molecule has 0 radical (unpaired) electrons. The predicted octanol–water partition coefficient (Wildman–Crippen LogP) is 2.15. The zero-order valence-corrected chi connectivity index (χ0v) is 8.14. The lowest BCUT2D eigenvalue weighted by Crippen LogP contribution is -2.06. The molecule has 4 heteroatoms. The number of oxime groups is 1. The smallest absolute Gasteiger partial charge is 0.138 e. The van der Waals surface area contributed by atoms with Gasteiger partial charge in [-0.2, -0.15) is 0 Å². The van der Waals surface area contributed by atoms with E-state index in [9.17, 15) is 0 Å². The fraction of sp³-hybridized carbons (Fsp3) is 0.273. The summed E-state index contributed by atoms with van der Waals surface area (Å²) >= 11 is 0. The molecular formula is C11H11N3O. The molecule has 2 aromatic heterocycles. The fourth-order valence-corrected chi connectivity index (χ4v) is 1.77. The average Bonchev–Trinajstić information content (AvgIpc) is 2.97. The van der Waals surface area contributed by atoms with Crippen LogP contribution in [0.1, 0.15) is 18.5 Å². The molecule has 0 atom stereocenters. The number of hydrogen-bond donors (Lipinski definition) is 2. The highest BCUT2D eigenvalue weighted by Gasteiger charge is 2.30. The molecule has 2 aromatic rings. The van der Waals surface area contributed by atoms with E-state index in [0.717, 1.165) is 29.6 Å². The van der Waals surface area contributed by atoms with Gasteiger partial charge in [-0.3, -0.25) is 0 Å². The van der Waals surface area contributed by atoms with Crippen LogP contribution in [-0.4, -0.2) is 20.9 Å². The van der Waals surface area contributed by atoms with Crippen LogP contribution in [0.3, 0.4) is 0 Å². The maximum atomic E-state index is 8.95. The number of aromatic amines is 1. The highest BCUT2D eigenvalue weighted by atomic mass is 16.4. The summed E-state index contributed by atoms with van der Waals surface area (Å²) < 4.78 is 0. The predicted molar refractivity (Wildman–Crippen MR) is 57.1 cm³/mol. The van der Waals surface area contributed by atoms with Crippen molar-refractivity contribution in [3.63, 3.8) is 0 Å². The third kappa shape index (κ3) is 1.38. The Morgan fingerprint density at radius 2 is 2.27 bits per heavy atom. The van der Waals surface area contributed by atoms with Gasteiger partial charge < -0.3 is 10.2 Å². The van der Waals surface area contributed by atoms with Gasteiger partial charge in [0.2, 0.25) is 0 Å².